The number of nitrogens with one attached hydrogen (secondary N) is 1. The molecule has 166 valence electrons. The Morgan fingerprint density at radius 1 is 0.906 bits per heavy atom. The second-order valence-electron chi connectivity index (χ2n) is 6.73. The van der Waals surface area contributed by atoms with Crippen molar-refractivity contribution in [3.63, 3.8) is 0 Å². The molecule has 2 aromatic carbocycles. The highest BCUT2D eigenvalue weighted by molar-refractivity contribution is 7.92. The van der Waals surface area contributed by atoms with Crippen molar-refractivity contribution in [2.45, 2.75) is 11.8 Å². The molecule has 0 saturated heterocycles. The number of methoxy groups -OCH3 is 2. The summed E-state index contributed by atoms with van der Waals surface area (Å²) in [6.45, 7) is 1.81. The fraction of sp³-hybridized carbons (Fsp3) is 0.130. The van der Waals surface area contributed by atoms with Crippen LogP contribution < -0.4 is 9.62 Å². The van der Waals surface area contributed by atoms with E-state index < -0.39 is 22.0 Å². The lowest BCUT2D eigenvalue weighted by molar-refractivity contribution is -0.139. The molecule has 32 heavy (non-hydrogen) atoms. The van der Waals surface area contributed by atoms with E-state index in [1.54, 1.807) is 43.5 Å². The van der Waals surface area contributed by atoms with E-state index in [0.717, 1.165) is 5.56 Å². The first-order chi connectivity index (χ1) is 15.3. The van der Waals surface area contributed by atoms with Gasteiger partial charge < -0.3 is 14.4 Å². The third-order valence-electron chi connectivity index (χ3n) is 4.70. The Kier molecular flexibility index (Phi) is 6.79. The second-order valence-corrected chi connectivity index (χ2v) is 8.41. The van der Waals surface area contributed by atoms with Crippen molar-refractivity contribution < 1.29 is 27.5 Å². The van der Waals surface area contributed by atoms with Crippen LogP contribution in [0.25, 0.3) is 0 Å². The predicted octanol–water partition coefficient (Wildman–Crippen LogP) is 3.29. The van der Waals surface area contributed by atoms with E-state index in [0.29, 0.717) is 11.4 Å². The van der Waals surface area contributed by atoms with E-state index in [1.807, 2.05) is 6.07 Å². The molecule has 8 nitrogen and oxygen atoms in total. The SMILES string of the molecule is COC(=O)C1=C(C(=O)OC)N(c2ccc(S(=O)(=O)Nc3ccccc3C)cc2)C=CC=C1. The molecule has 0 saturated carbocycles. The molecule has 0 radical (unpaired) electrons. The van der Waals surface area contributed by atoms with Gasteiger partial charge in [-0.05, 0) is 55.0 Å². The number of aryl methyl sites for hydroxylation is 1. The molecule has 1 aliphatic heterocycles. The third-order valence-corrected chi connectivity index (χ3v) is 6.09. The molecular formula is C23H22N2O6S. The predicted molar refractivity (Wildman–Crippen MR) is 120 cm³/mol. The number of anilines is 2. The molecule has 0 aliphatic carbocycles. The molecule has 3 rings (SSSR count). The van der Waals surface area contributed by atoms with Gasteiger partial charge in [0.1, 0.15) is 5.70 Å². The second kappa shape index (κ2) is 9.52. The number of hydrogen-bond acceptors (Lipinski definition) is 7. The number of carbonyl (C=O) groups excluding carboxylic acids is 2. The van der Waals surface area contributed by atoms with Crippen LogP contribution >= 0.6 is 0 Å². The van der Waals surface area contributed by atoms with Gasteiger partial charge in [-0.15, -0.1) is 0 Å². The maximum Gasteiger partial charge on any atom is 0.355 e. The number of benzene rings is 2. The fourth-order valence-electron chi connectivity index (χ4n) is 3.04. The lowest BCUT2D eigenvalue weighted by Crippen LogP contribution is -2.27. The van der Waals surface area contributed by atoms with Gasteiger partial charge in [0.05, 0.1) is 30.4 Å². The van der Waals surface area contributed by atoms with Gasteiger partial charge in [0.15, 0.2) is 0 Å². The van der Waals surface area contributed by atoms with Crippen molar-refractivity contribution >= 4 is 33.3 Å². The standard InChI is InChI=1S/C23H22N2O6S/c1-16-8-4-5-10-20(16)24-32(28,29)18-13-11-17(12-14-18)25-15-7-6-9-19(22(26)30-2)21(25)23(27)31-3/h4-15,24H,1-3H3. The van der Waals surface area contributed by atoms with E-state index >= 15 is 0 Å². The first-order valence-corrected chi connectivity index (χ1v) is 11.0. The fourth-order valence-corrected chi connectivity index (χ4v) is 4.17. The van der Waals surface area contributed by atoms with Crippen LogP contribution in [0.2, 0.25) is 0 Å². The summed E-state index contributed by atoms with van der Waals surface area (Å²) >= 11 is 0. The molecule has 2 aromatic rings. The molecule has 0 unspecified atom stereocenters. The molecule has 1 heterocycles. The van der Waals surface area contributed by atoms with Gasteiger partial charge in [-0.25, -0.2) is 18.0 Å². The largest absolute Gasteiger partial charge is 0.465 e. The maximum absolute atomic E-state index is 12.8. The normalized spacial score (nSPS) is 13.5. The van der Waals surface area contributed by atoms with Crippen molar-refractivity contribution in [3.05, 3.63) is 89.8 Å². The lowest BCUT2D eigenvalue weighted by Gasteiger charge is -2.23. The van der Waals surface area contributed by atoms with E-state index in [2.05, 4.69) is 4.72 Å². The summed E-state index contributed by atoms with van der Waals surface area (Å²) in [6, 6.07) is 12.9. The van der Waals surface area contributed by atoms with E-state index in [9.17, 15) is 18.0 Å². The number of allylic oxidation sites excluding steroid dienone is 2. The Morgan fingerprint density at radius 3 is 2.19 bits per heavy atom. The Morgan fingerprint density at radius 2 is 1.56 bits per heavy atom. The molecule has 9 heteroatoms. The number of para-hydroxylation sites is 1. The minimum atomic E-state index is -3.83. The summed E-state index contributed by atoms with van der Waals surface area (Å²) in [6.07, 6.45) is 6.22. The molecule has 0 atom stereocenters. The Bertz CT molecular complexity index is 1230. The van der Waals surface area contributed by atoms with E-state index in [-0.39, 0.29) is 16.2 Å². The van der Waals surface area contributed by atoms with Gasteiger partial charge in [0, 0.05) is 11.9 Å². The van der Waals surface area contributed by atoms with Gasteiger partial charge in [0.2, 0.25) is 0 Å². The average molecular weight is 455 g/mol. The van der Waals surface area contributed by atoms with Gasteiger partial charge in [0.25, 0.3) is 10.0 Å². The van der Waals surface area contributed by atoms with Crippen LogP contribution in [-0.4, -0.2) is 34.6 Å². The number of sulfonamides is 1. The Balaban J connectivity index is 1.99. The molecule has 0 bridgehead atoms. The summed E-state index contributed by atoms with van der Waals surface area (Å²) in [5.41, 5.74) is 1.66. The Hall–Kier alpha value is -3.85. The topological polar surface area (TPSA) is 102 Å². The number of carbonyl (C=O) groups is 2. The van der Waals surface area contributed by atoms with Gasteiger partial charge in [-0.3, -0.25) is 4.72 Å². The van der Waals surface area contributed by atoms with Crippen LogP contribution in [0.4, 0.5) is 11.4 Å². The molecule has 0 fully saturated rings. The number of rotatable bonds is 6. The number of nitrogens with zero attached hydrogens (tertiary/aromatic N) is 1. The summed E-state index contributed by atoms with van der Waals surface area (Å²) in [7, 11) is -1.42. The van der Waals surface area contributed by atoms with Crippen LogP contribution in [0.15, 0.2) is 89.1 Å². The van der Waals surface area contributed by atoms with E-state index in [4.69, 9.17) is 9.47 Å². The van der Waals surface area contributed by atoms with Crippen LogP contribution in [-0.2, 0) is 29.1 Å². The zero-order valence-corrected chi connectivity index (χ0v) is 18.5. The highest BCUT2D eigenvalue weighted by Gasteiger charge is 2.27. The summed E-state index contributed by atoms with van der Waals surface area (Å²) in [5, 5.41) is 0. The maximum atomic E-state index is 12.8. The smallest absolute Gasteiger partial charge is 0.355 e. The first kappa shape index (κ1) is 22.8. The summed E-state index contributed by atoms with van der Waals surface area (Å²) in [5.74, 6) is -1.46. The van der Waals surface area contributed by atoms with Crippen molar-refractivity contribution in [1.82, 2.24) is 0 Å². The van der Waals surface area contributed by atoms with Crippen molar-refractivity contribution in [2.24, 2.45) is 0 Å². The minimum absolute atomic E-state index is 0.00210. The molecule has 0 amide bonds. The van der Waals surface area contributed by atoms with Crippen molar-refractivity contribution in [2.75, 3.05) is 23.8 Å². The Labute approximate surface area is 186 Å². The highest BCUT2D eigenvalue weighted by atomic mass is 32.2. The lowest BCUT2D eigenvalue weighted by atomic mass is 10.1. The van der Waals surface area contributed by atoms with Crippen LogP contribution in [0.3, 0.4) is 0 Å². The number of ether oxygens (including phenoxy) is 2. The van der Waals surface area contributed by atoms with Gasteiger partial charge >= 0.3 is 11.9 Å². The number of hydrogen-bond donors (Lipinski definition) is 1. The van der Waals surface area contributed by atoms with Crippen LogP contribution in [0.5, 0.6) is 0 Å². The molecule has 1 N–H and O–H groups in total. The molecule has 1 aliphatic rings. The average Bonchev–Trinajstić information content (AvgIpc) is 3.02. The van der Waals surface area contributed by atoms with Crippen molar-refractivity contribution in [3.8, 4) is 0 Å². The highest BCUT2D eigenvalue weighted by Crippen LogP contribution is 2.28. The molecule has 0 spiro atoms. The minimum Gasteiger partial charge on any atom is -0.465 e. The molecule has 0 aromatic heterocycles. The number of esters is 2. The van der Waals surface area contributed by atoms with Gasteiger partial charge in [-0.2, -0.15) is 0 Å². The first-order valence-electron chi connectivity index (χ1n) is 9.52. The van der Waals surface area contributed by atoms with Crippen LogP contribution in [0.1, 0.15) is 5.56 Å². The summed E-state index contributed by atoms with van der Waals surface area (Å²) in [4.78, 5) is 26.2. The quantitative estimate of drug-likeness (QED) is 0.668. The van der Waals surface area contributed by atoms with Crippen LogP contribution in [0, 0.1) is 6.92 Å². The van der Waals surface area contributed by atoms with Crippen molar-refractivity contribution in [1.29, 1.82) is 0 Å². The van der Waals surface area contributed by atoms with E-state index in [1.165, 1.54) is 49.5 Å². The zero-order chi connectivity index (χ0) is 23.3. The zero-order valence-electron chi connectivity index (χ0n) is 17.7. The monoisotopic (exact) mass is 454 g/mol. The van der Waals surface area contributed by atoms with Gasteiger partial charge in [-0.1, -0.05) is 24.3 Å². The third kappa shape index (κ3) is 4.73. The summed E-state index contributed by atoms with van der Waals surface area (Å²) < 4.78 is 37.8. The molecular weight excluding hydrogens is 432 g/mol.